The second-order valence-electron chi connectivity index (χ2n) is 4.39. The van der Waals surface area contributed by atoms with E-state index in [1.807, 2.05) is 12.1 Å². The predicted molar refractivity (Wildman–Crippen MR) is 66.5 cm³/mol. The van der Waals surface area contributed by atoms with Crippen molar-refractivity contribution < 1.29 is 9.59 Å². The van der Waals surface area contributed by atoms with Gasteiger partial charge in [0.1, 0.15) is 0 Å². The summed E-state index contributed by atoms with van der Waals surface area (Å²) < 4.78 is 0. The average molecular weight is 247 g/mol. The van der Waals surface area contributed by atoms with Crippen molar-refractivity contribution in [3.63, 3.8) is 0 Å². The molecule has 1 aliphatic rings. The highest BCUT2D eigenvalue weighted by molar-refractivity contribution is 6.34. The zero-order chi connectivity index (χ0) is 12.8. The number of nitrogens with zero attached hydrogens (tertiary/aromatic N) is 2. The van der Waals surface area contributed by atoms with Gasteiger partial charge < -0.3 is 10.2 Å². The highest BCUT2D eigenvalue weighted by atomic mass is 16.2. The molecule has 96 valence electrons. The van der Waals surface area contributed by atoms with Gasteiger partial charge in [-0.3, -0.25) is 14.6 Å². The number of hydrogen-bond acceptors (Lipinski definition) is 3. The summed E-state index contributed by atoms with van der Waals surface area (Å²) in [5, 5.41) is 2.64. The number of hydrogen-bond donors (Lipinski definition) is 1. The van der Waals surface area contributed by atoms with Gasteiger partial charge in [-0.05, 0) is 37.0 Å². The zero-order valence-electron chi connectivity index (χ0n) is 10.3. The molecule has 2 heterocycles. The summed E-state index contributed by atoms with van der Waals surface area (Å²) in [7, 11) is 0. The van der Waals surface area contributed by atoms with E-state index in [1.54, 1.807) is 17.3 Å². The molecule has 5 heteroatoms. The lowest BCUT2D eigenvalue weighted by Crippen LogP contribution is -2.44. The Morgan fingerprint density at radius 1 is 1.17 bits per heavy atom. The van der Waals surface area contributed by atoms with Crippen molar-refractivity contribution in [2.24, 2.45) is 0 Å². The Labute approximate surface area is 106 Å². The average Bonchev–Trinajstić information content (AvgIpc) is 2.46. The van der Waals surface area contributed by atoms with Crippen LogP contribution in [0, 0.1) is 0 Å². The number of rotatable bonds is 2. The summed E-state index contributed by atoms with van der Waals surface area (Å²) in [5.74, 6) is -0.933. The first-order chi connectivity index (χ1) is 8.77. The molecule has 5 nitrogen and oxygen atoms in total. The van der Waals surface area contributed by atoms with Gasteiger partial charge in [-0.15, -0.1) is 0 Å². The van der Waals surface area contributed by atoms with E-state index < -0.39 is 11.8 Å². The lowest BCUT2D eigenvalue weighted by Gasteiger charge is -2.25. The van der Waals surface area contributed by atoms with Crippen LogP contribution in [0.1, 0.15) is 24.8 Å². The topological polar surface area (TPSA) is 62.3 Å². The number of piperidine rings is 1. The van der Waals surface area contributed by atoms with Crippen molar-refractivity contribution in [2.45, 2.75) is 25.8 Å². The number of likely N-dealkylation sites (tertiary alicyclic amines) is 1. The first-order valence-corrected chi connectivity index (χ1v) is 6.23. The van der Waals surface area contributed by atoms with Crippen LogP contribution in [0.3, 0.4) is 0 Å². The fourth-order valence-corrected chi connectivity index (χ4v) is 2.00. The summed E-state index contributed by atoms with van der Waals surface area (Å²) >= 11 is 0. The van der Waals surface area contributed by atoms with Gasteiger partial charge in [-0.25, -0.2) is 0 Å². The van der Waals surface area contributed by atoms with Crippen LogP contribution in [0.2, 0.25) is 0 Å². The second-order valence-corrected chi connectivity index (χ2v) is 4.39. The number of pyridine rings is 1. The van der Waals surface area contributed by atoms with Crippen LogP contribution >= 0.6 is 0 Å². The molecule has 1 N–H and O–H groups in total. The van der Waals surface area contributed by atoms with E-state index in [4.69, 9.17) is 0 Å². The third-order valence-electron chi connectivity index (χ3n) is 3.04. The molecule has 0 radical (unpaired) electrons. The Hall–Kier alpha value is -1.91. The normalized spacial score (nSPS) is 15.2. The highest BCUT2D eigenvalue weighted by Gasteiger charge is 2.22. The SMILES string of the molecule is O=C(NCc1ccncc1)C(=O)N1CCCCC1. The summed E-state index contributed by atoms with van der Waals surface area (Å²) in [6, 6.07) is 3.62. The van der Waals surface area contributed by atoms with Crippen molar-refractivity contribution in [2.75, 3.05) is 13.1 Å². The number of amides is 2. The highest BCUT2D eigenvalue weighted by Crippen LogP contribution is 2.08. The molecule has 0 spiro atoms. The molecule has 1 aliphatic heterocycles. The Bertz CT molecular complexity index is 414. The third-order valence-corrected chi connectivity index (χ3v) is 3.04. The van der Waals surface area contributed by atoms with E-state index in [-0.39, 0.29) is 0 Å². The Morgan fingerprint density at radius 2 is 1.83 bits per heavy atom. The summed E-state index contributed by atoms with van der Waals surface area (Å²) in [5.41, 5.74) is 0.935. The zero-order valence-corrected chi connectivity index (χ0v) is 10.3. The first kappa shape index (κ1) is 12.5. The Morgan fingerprint density at radius 3 is 2.50 bits per heavy atom. The molecule has 0 saturated carbocycles. The first-order valence-electron chi connectivity index (χ1n) is 6.23. The Balaban J connectivity index is 1.82. The van der Waals surface area contributed by atoms with Gasteiger partial charge in [0.15, 0.2) is 0 Å². The van der Waals surface area contributed by atoms with Crippen LogP contribution in [0.25, 0.3) is 0 Å². The fraction of sp³-hybridized carbons (Fsp3) is 0.462. The van der Waals surface area contributed by atoms with E-state index in [9.17, 15) is 9.59 Å². The van der Waals surface area contributed by atoms with Crippen molar-refractivity contribution >= 4 is 11.8 Å². The quantitative estimate of drug-likeness (QED) is 0.783. The molecule has 0 atom stereocenters. The maximum Gasteiger partial charge on any atom is 0.311 e. The summed E-state index contributed by atoms with van der Waals surface area (Å²) in [6.45, 7) is 1.75. The molecule has 1 aromatic rings. The standard InChI is InChI=1S/C13H17N3O2/c17-12(13(18)16-8-2-1-3-9-16)15-10-11-4-6-14-7-5-11/h4-7H,1-3,8-10H2,(H,15,17). The van der Waals surface area contributed by atoms with Crippen LogP contribution in [0.15, 0.2) is 24.5 Å². The van der Waals surface area contributed by atoms with Gasteiger partial charge in [-0.1, -0.05) is 0 Å². The number of nitrogens with one attached hydrogen (secondary N) is 1. The van der Waals surface area contributed by atoms with Crippen molar-refractivity contribution in [1.82, 2.24) is 15.2 Å². The van der Waals surface area contributed by atoms with Gasteiger partial charge in [0.05, 0.1) is 0 Å². The minimum Gasteiger partial charge on any atom is -0.344 e. The van der Waals surface area contributed by atoms with Crippen LogP contribution in [0.5, 0.6) is 0 Å². The monoisotopic (exact) mass is 247 g/mol. The molecule has 2 rings (SSSR count). The van der Waals surface area contributed by atoms with E-state index in [0.29, 0.717) is 19.6 Å². The lowest BCUT2D eigenvalue weighted by atomic mass is 10.1. The molecule has 0 bridgehead atoms. The van der Waals surface area contributed by atoms with E-state index in [1.165, 1.54) is 0 Å². The van der Waals surface area contributed by atoms with Crippen molar-refractivity contribution in [3.8, 4) is 0 Å². The van der Waals surface area contributed by atoms with Gasteiger partial charge in [0, 0.05) is 32.0 Å². The molecule has 18 heavy (non-hydrogen) atoms. The van der Waals surface area contributed by atoms with Crippen LogP contribution in [-0.4, -0.2) is 34.8 Å². The second kappa shape index (κ2) is 6.14. The van der Waals surface area contributed by atoms with Gasteiger partial charge in [-0.2, -0.15) is 0 Å². The fourth-order valence-electron chi connectivity index (χ4n) is 2.00. The third kappa shape index (κ3) is 3.29. The molecule has 0 unspecified atom stereocenters. The number of carbonyl (C=O) groups excluding carboxylic acids is 2. The molecule has 2 amide bonds. The largest absolute Gasteiger partial charge is 0.344 e. The minimum atomic E-state index is -0.520. The smallest absolute Gasteiger partial charge is 0.311 e. The van der Waals surface area contributed by atoms with Gasteiger partial charge in [0.2, 0.25) is 0 Å². The maximum atomic E-state index is 11.8. The van der Waals surface area contributed by atoms with E-state index in [2.05, 4.69) is 10.3 Å². The predicted octanol–water partition coefficient (Wildman–Crippen LogP) is 0.710. The van der Waals surface area contributed by atoms with Crippen LogP contribution in [0.4, 0.5) is 0 Å². The van der Waals surface area contributed by atoms with Crippen LogP contribution < -0.4 is 5.32 Å². The number of aromatic nitrogens is 1. The van der Waals surface area contributed by atoms with E-state index >= 15 is 0 Å². The molecule has 1 saturated heterocycles. The van der Waals surface area contributed by atoms with Crippen molar-refractivity contribution in [1.29, 1.82) is 0 Å². The molecule has 0 aliphatic carbocycles. The lowest BCUT2D eigenvalue weighted by molar-refractivity contribution is -0.146. The molecule has 0 aromatic carbocycles. The van der Waals surface area contributed by atoms with Crippen molar-refractivity contribution in [3.05, 3.63) is 30.1 Å². The number of carbonyl (C=O) groups is 2. The van der Waals surface area contributed by atoms with E-state index in [0.717, 1.165) is 24.8 Å². The Kier molecular flexibility index (Phi) is 4.28. The summed E-state index contributed by atoms with van der Waals surface area (Å²) in [6.07, 6.45) is 6.44. The van der Waals surface area contributed by atoms with Crippen LogP contribution in [-0.2, 0) is 16.1 Å². The van der Waals surface area contributed by atoms with Gasteiger partial charge >= 0.3 is 11.8 Å². The molecule has 1 aromatic heterocycles. The molecular formula is C13H17N3O2. The van der Waals surface area contributed by atoms with Gasteiger partial charge in [0.25, 0.3) is 0 Å². The summed E-state index contributed by atoms with van der Waals surface area (Å²) in [4.78, 5) is 29.0. The maximum absolute atomic E-state index is 11.8. The molecule has 1 fully saturated rings. The molecular weight excluding hydrogens is 230 g/mol. The minimum absolute atomic E-state index is 0.362.